The minimum absolute atomic E-state index is 0.00322. The lowest BCUT2D eigenvalue weighted by Gasteiger charge is -2.15. The molecule has 172 valence electrons. The van der Waals surface area contributed by atoms with E-state index in [2.05, 4.69) is 10.3 Å². The van der Waals surface area contributed by atoms with Gasteiger partial charge in [0.1, 0.15) is 11.6 Å². The van der Waals surface area contributed by atoms with Crippen LogP contribution in [0.2, 0.25) is 0 Å². The average molecular weight is 465 g/mol. The van der Waals surface area contributed by atoms with Crippen LogP contribution in [0.15, 0.2) is 47.5 Å². The van der Waals surface area contributed by atoms with E-state index in [0.717, 1.165) is 43.2 Å². The van der Waals surface area contributed by atoms with Crippen LogP contribution in [0.4, 0.5) is 5.82 Å². The number of carbonyl (C=O) groups is 2. The van der Waals surface area contributed by atoms with Gasteiger partial charge in [0.25, 0.3) is 5.91 Å². The molecule has 1 heterocycles. The number of amides is 1. The van der Waals surface area contributed by atoms with Crippen molar-refractivity contribution in [2.45, 2.75) is 67.9 Å². The van der Waals surface area contributed by atoms with E-state index in [9.17, 15) is 18.0 Å². The Labute approximate surface area is 194 Å². The van der Waals surface area contributed by atoms with Gasteiger partial charge >= 0.3 is 0 Å². The fourth-order valence-corrected chi connectivity index (χ4v) is 6.42. The van der Waals surface area contributed by atoms with Crippen molar-refractivity contribution in [2.24, 2.45) is 5.92 Å². The molecule has 1 aromatic carbocycles. The number of allylic oxidation sites excluding steroid dienone is 1. The maximum absolute atomic E-state index is 13.3. The van der Waals surface area contributed by atoms with E-state index in [1.807, 2.05) is 25.1 Å². The van der Waals surface area contributed by atoms with Gasteiger partial charge in [-0.1, -0.05) is 18.2 Å². The summed E-state index contributed by atoms with van der Waals surface area (Å²) in [6.45, 7) is 1.93. The predicted octanol–water partition coefficient (Wildman–Crippen LogP) is 4.59. The Morgan fingerprint density at radius 2 is 1.88 bits per heavy atom. The largest absolute Gasteiger partial charge is 0.307 e. The topological polar surface area (TPSA) is 93.2 Å². The SMILES string of the molecule is Cc1ccc(NC(=O)C(=C[C@H]2CCC(=O)C2)c2ccc(S(=O)(=O)C3CC3)c(C3CC3)c2)nc1. The Morgan fingerprint density at radius 3 is 2.48 bits per heavy atom. The van der Waals surface area contributed by atoms with Crippen LogP contribution in [-0.2, 0) is 19.4 Å². The molecule has 1 N–H and O–H groups in total. The highest BCUT2D eigenvalue weighted by molar-refractivity contribution is 7.92. The molecule has 1 atom stereocenters. The lowest BCUT2D eigenvalue weighted by molar-refractivity contribution is -0.117. The zero-order valence-electron chi connectivity index (χ0n) is 18.7. The van der Waals surface area contributed by atoms with E-state index in [1.54, 1.807) is 24.4 Å². The number of nitrogens with one attached hydrogen (secondary N) is 1. The van der Waals surface area contributed by atoms with Gasteiger partial charge in [-0.3, -0.25) is 9.59 Å². The summed E-state index contributed by atoms with van der Waals surface area (Å²) in [6, 6.07) is 8.94. The maximum atomic E-state index is 13.3. The molecule has 0 unspecified atom stereocenters. The number of ketones is 1. The molecule has 0 bridgehead atoms. The predicted molar refractivity (Wildman–Crippen MR) is 127 cm³/mol. The second-order valence-electron chi connectivity index (χ2n) is 9.57. The minimum Gasteiger partial charge on any atom is -0.307 e. The Morgan fingerprint density at radius 1 is 1.09 bits per heavy atom. The number of rotatable bonds is 7. The van der Waals surface area contributed by atoms with Gasteiger partial charge in [-0.05, 0) is 85.8 Å². The fourth-order valence-electron chi connectivity index (χ4n) is 4.50. The van der Waals surface area contributed by atoms with Gasteiger partial charge in [0, 0.05) is 24.6 Å². The van der Waals surface area contributed by atoms with Crippen molar-refractivity contribution in [3.8, 4) is 0 Å². The molecule has 7 heteroatoms. The van der Waals surface area contributed by atoms with Crippen molar-refractivity contribution in [3.63, 3.8) is 0 Å². The number of hydrogen-bond acceptors (Lipinski definition) is 5. The summed E-state index contributed by atoms with van der Waals surface area (Å²) in [5.41, 5.74) is 2.98. The Bertz CT molecular complexity index is 1240. The molecule has 0 spiro atoms. The second-order valence-corrected chi connectivity index (χ2v) is 11.8. The monoisotopic (exact) mass is 464 g/mol. The van der Waals surface area contributed by atoms with Gasteiger partial charge in [0.15, 0.2) is 9.84 Å². The third kappa shape index (κ3) is 4.78. The number of Topliss-reactive ketones (excluding diaryl/α,β-unsaturated/α-hetero) is 1. The Balaban J connectivity index is 1.52. The third-order valence-corrected chi connectivity index (χ3v) is 9.03. The van der Waals surface area contributed by atoms with Gasteiger partial charge in [-0.25, -0.2) is 13.4 Å². The number of carbonyl (C=O) groups excluding carboxylic acids is 2. The molecule has 3 saturated carbocycles. The summed E-state index contributed by atoms with van der Waals surface area (Å²) in [5.74, 6) is 0.591. The highest BCUT2D eigenvalue weighted by Crippen LogP contribution is 2.46. The molecule has 1 amide bonds. The standard InChI is InChI=1S/C26H28N2O4S/c1-16-2-11-25(27-15-16)28-26(30)23(13-17-3-7-20(29)12-17)19-6-10-24(22(14-19)18-4-5-18)33(31,32)21-8-9-21/h2,6,10-11,13-15,17-18,21H,3-5,7-9,12H2,1H3,(H,27,28,30)/t17-/m0/s1. The van der Waals surface area contributed by atoms with Gasteiger partial charge < -0.3 is 5.32 Å². The second kappa shape index (κ2) is 8.52. The number of nitrogens with zero attached hydrogens (tertiary/aromatic N) is 1. The molecule has 0 aliphatic heterocycles. The average Bonchev–Trinajstić information content (AvgIpc) is 3.70. The number of aromatic nitrogens is 1. The quantitative estimate of drug-likeness (QED) is 0.605. The number of pyridine rings is 1. The van der Waals surface area contributed by atoms with E-state index in [1.165, 1.54) is 0 Å². The first-order valence-electron chi connectivity index (χ1n) is 11.7. The lowest BCUT2D eigenvalue weighted by Crippen LogP contribution is -2.16. The molecule has 3 aliphatic carbocycles. The van der Waals surface area contributed by atoms with Crippen LogP contribution in [-0.4, -0.2) is 30.3 Å². The normalized spacial score (nSPS) is 21.3. The summed E-state index contributed by atoms with van der Waals surface area (Å²) in [4.78, 5) is 29.9. The van der Waals surface area contributed by atoms with Crippen molar-refractivity contribution in [3.05, 3.63) is 59.3 Å². The van der Waals surface area contributed by atoms with E-state index < -0.39 is 9.84 Å². The molecule has 0 saturated heterocycles. The van der Waals surface area contributed by atoms with Crippen molar-refractivity contribution < 1.29 is 18.0 Å². The van der Waals surface area contributed by atoms with Crippen LogP contribution in [0.5, 0.6) is 0 Å². The summed E-state index contributed by atoms with van der Waals surface area (Å²) in [7, 11) is -3.32. The molecule has 3 aliphatic rings. The number of aryl methyl sites for hydroxylation is 1. The van der Waals surface area contributed by atoms with Gasteiger partial charge in [-0.15, -0.1) is 0 Å². The van der Waals surface area contributed by atoms with Crippen LogP contribution in [0.3, 0.4) is 0 Å². The first-order valence-corrected chi connectivity index (χ1v) is 13.2. The van der Waals surface area contributed by atoms with E-state index in [-0.39, 0.29) is 28.8 Å². The highest BCUT2D eigenvalue weighted by Gasteiger charge is 2.40. The van der Waals surface area contributed by atoms with Crippen LogP contribution in [0.1, 0.15) is 67.6 Å². The maximum Gasteiger partial charge on any atom is 0.257 e. The Hall–Kier alpha value is -2.80. The molecule has 2 aromatic rings. The number of anilines is 1. The smallest absolute Gasteiger partial charge is 0.257 e. The number of benzene rings is 1. The summed E-state index contributed by atoms with van der Waals surface area (Å²) in [5, 5.41) is 2.60. The van der Waals surface area contributed by atoms with Crippen LogP contribution < -0.4 is 5.32 Å². The Kier molecular flexibility index (Phi) is 5.69. The minimum atomic E-state index is -3.32. The summed E-state index contributed by atoms with van der Waals surface area (Å²) >= 11 is 0. The third-order valence-electron chi connectivity index (χ3n) is 6.69. The number of sulfone groups is 1. The highest BCUT2D eigenvalue weighted by atomic mass is 32.2. The summed E-state index contributed by atoms with van der Waals surface area (Å²) in [6.07, 6.45) is 8.64. The van der Waals surface area contributed by atoms with Crippen molar-refractivity contribution >= 4 is 32.9 Å². The molecule has 5 rings (SSSR count). The van der Waals surface area contributed by atoms with E-state index in [0.29, 0.717) is 34.7 Å². The van der Waals surface area contributed by atoms with Crippen LogP contribution >= 0.6 is 0 Å². The van der Waals surface area contributed by atoms with E-state index in [4.69, 9.17) is 0 Å². The molecular weight excluding hydrogens is 436 g/mol. The van der Waals surface area contributed by atoms with Crippen LogP contribution in [0.25, 0.3) is 5.57 Å². The summed E-state index contributed by atoms with van der Waals surface area (Å²) < 4.78 is 26.0. The molecular formula is C26H28N2O4S. The molecule has 6 nitrogen and oxygen atoms in total. The van der Waals surface area contributed by atoms with Crippen LogP contribution in [0, 0.1) is 12.8 Å². The molecule has 3 fully saturated rings. The molecule has 33 heavy (non-hydrogen) atoms. The lowest BCUT2D eigenvalue weighted by atomic mass is 9.95. The van der Waals surface area contributed by atoms with Gasteiger partial charge in [-0.2, -0.15) is 0 Å². The molecule has 1 aromatic heterocycles. The first-order chi connectivity index (χ1) is 15.8. The molecule has 0 radical (unpaired) electrons. The zero-order valence-corrected chi connectivity index (χ0v) is 19.5. The fraction of sp³-hybridized carbons (Fsp3) is 0.423. The van der Waals surface area contributed by atoms with Crippen molar-refractivity contribution in [1.82, 2.24) is 4.98 Å². The van der Waals surface area contributed by atoms with Crippen molar-refractivity contribution in [1.29, 1.82) is 0 Å². The first kappa shape index (κ1) is 22.0. The van der Waals surface area contributed by atoms with E-state index >= 15 is 0 Å². The van der Waals surface area contributed by atoms with Crippen molar-refractivity contribution in [2.75, 3.05) is 5.32 Å². The zero-order chi connectivity index (χ0) is 23.2. The van der Waals surface area contributed by atoms with Gasteiger partial charge in [0.05, 0.1) is 10.1 Å². The number of hydrogen-bond donors (Lipinski definition) is 1. The van der Waals surface area contributed by atoms with Gasteiger partial charge in [0.2, 0.25) is 0 Å².